The first-order chi connectivity index (χ1) is 20.3. The highest BCUT2D eigenvalue weighted by Crippen LogP contribution is 2.22. The Bertz CT molecular complexity index is 1040. The van der Waals surface area contributed by atoms with Crippen molar-refractivity contribution in [1.29, 1.82) is 0 Å². The van der Waals surface area contributed by atoms with Crippen molar-refractivity contribution in [3.05, 3.63) is 60.7 Å². The van der Waals surface area contributed by atoms with Crippen LogP contribution < -0.4 is 4.74 Å². The minimum atomic E-state index is -0.459. The SMILES string of the molecule is CC(C)(C)OC(=O)N1CCC[C@H]1CO.CC(C)(C)OC(=O)N1CCC[C@H]1COc1ccccc1.CP.Oc1ccccc1. The Morgan fingerprint density at radius 3 is 1.58 bits per heavy atom. The minimum Gasteiger partial charge on any atom is -0.508 e. The van der Waals surface area contributed by atoms with Crippen LogP contribution in [-0.4, -0.2) is 88.5 Å². The Hall–Kier alpha value is -3.03. The second kappa shape index (κ2) is 19.3. The van der Waals surface area contributed by atoms with Crippen LogP contribution in [0.1, 0.15) is 67.2 Å². The molecule has 0 spiro atoms. The normalized spacial score (nSPS) is 17.7. The van der Waals surface area contributed by atoms with Crippen LogP contribution in [0.15, 0.2) is 60.7 Å². The van der Waals surface area contributed by atoms with Crippen LogP contribution in [-0.2, 0) is 9.47 Å². The fourth-order valence-electron chi connectivity index (χ4n) is 4.29. The van der Waals surface area contributed by atoms with Crippen LogP contribution in [0.5, 0.6) is 11.5 Å². The van der Waals surface area contributed by atoms with Gasteiger partial charge in [0.15, 0.2) is 0 Å². The van der Waals surface area contributed by atoms with Crippen LogP contribution in [0.4, 0.5) is 9.59 Å². The first-order valence-corrected chi connectivity index (χ1v) is 16.0. The molecule has 4 rings (SSSR count). The number of phenolic OH excluding ortho intramolecular Hbond substituents is 1. The molecule has 242 valence electrons. The molecule has 2 N–H and O–H groups in total. The van der Waals surface area contributed by atoms with Crippen LogP contribution in [0, 0.1) is 0 Å². The second-order valence-electron chi connectivity index (χ2n) is 12.1. The molecule has 10 heteroatoms. The number of aliphatic hydroxyl groups excluding tert-OH is 1. The lowest BCUT2D eigenvalue weighted by Crippen LogP contribution is -2.42. The van der Waals surface area contributed by atoms with Gasteiger partial charge in [-0.05, 0) is 91.5 Å². The highest BCUT2D eigenvalue weighted by molar-refractivity contribution is 7.15. The number of nitrogens with zero attached hydrogens (tertiary/aromatic N) is 2. The molecule has 2 aliphatic rings. The molecule has 0 saturated carbocycles. The molecule has 0 bridgehead atoms. The van der Waals surface area contributed by atoms with E-state index in [2.05, 4.69) is 9.24 Å². The van der Waals surface area contributed by atoms with Gasteiger partial charge < -0.3 is 34.2 Å². The van der Waals surface area contributed by atoms with Gasteiger partial charge in [0.2, 0.25) is 0 Å². The number of likely N-dealkylation sites (tertiary alicyclic amines) is 2. The zero-order chi connectivity index (χ0) is 32.5. The number of phenols is 1. The number of para-hydroxylation sites is 2. The molecule has 0 radical (unpaired) electrons. The number of hydrogen-bond donors (Lipinski definition) is 2. The highest BCUT2D eigenvalue weighted by atomic mass is 31.0. The molecule has 2 saturated heterocycles. The Morgan fingerprint density at radius 1 is 0.767 bits per heavy atom. The van der Waals surface area contributed by atoms with Gasteiger partial charge in [-0.1, -0.05) is 43.1 Å². The van der Waals surface area contributed by atoms with Gasteiger partial charge in [-0.15, -0.1) is 9.24 Å². The van der Waals surface area contributed by atoms with Crippen molar-refractivity contribution < 1.29 is 34.0 Å². The number of amides is 2. The number of carbonyl (C=O) groups is 2. The van der Waals surface area contributed by atoms with Gasteiger partial charge in [-0.3, -0.25) is 0 Å². The number of rotatable bonds is 4. The predicted molar refractivity (Wildman–Crippen MR) is 175 cm³/mol. The van der Waals surface area contributed by atoms with E-state index in [-0.39, 0.29) is 30.9 Å². The molecule has 3 atom stereocenters. The summed E-state index contributed by atoms with van der Waals surface area (Å²) < 4.78 is 16.4. The molecule has 2 heterocycles. The molecule has 0 aromatic heterocycles. The van der Waals surface area contributed by atoms with E-state index in [0.717, 1.165) is 38.0 Å². The molecule has 0 aliphatic carbocycles. The molecule has 43 heavy (non-hydrogen) atoms. The number of aliphatic hydroxyl groups is 1. The molecular formula is C33H53N2O7P. The number of ether oxygens (including phenoxy) is 3. The third-order valence-electron chi connectivity index (χ3n) is 6.16. The van der Waals surface area contributed by atoms with E-state index in [1.54, 1.807) is 34.1 Å². The van der Waals surface area contributed by atoms with Crippen molar-refractivity contribution >= 4 is 21.4 Å². The van der Waals surface area contributed by atoms with Gasteiger partial charge in [0.25, 0.3) is 0 Å². The van der Waals surface area contributed by atoms with Crippen LogP contribution in [0.3, 0.4) is 0 Å². The number of carbonyl (C=O) groups excluding carboxylic acids is 2. The van der Waals surface area contributed by atoms with E-state index < -0.39 is 11.2 Å². The maximum absolute atomic E-state index is 12.1. The first kappa shape index (κ1) is 38.0. The Labute approximate surface area is 260 Å². The maximum atomic E-state index is 12.1. The van der Waals surface area contributed by atoms with Crippen LogP contribution >= 0.6 is 9.24 Å². The molecule has 2 aromatic carbocycles. The van der Waals surface area contributed by atoms with Crippen molar-refractivity contribution in [2.45, 2.75) is 90.5 Å². The summed E-state index contributed by atoms with van der Waals surface area (Å²) >= 11 is 0. The molecule has 2 amide bonds. The highest BCUT2D eigenvalue weighted by Gasteiger charge is 2.33. The van der Waals surface area contributed by atoms with Gasteiger partial charge in [0.1, 0.15) is 29.3 Å². The van der Waals surface area contributed by atoms with Crippen molar-refractivity contribution in [1.82, 2.24) is 9.80 Å². The van der Waals surface area contributed by atoms with E-state index in [9.17, 15) is 9.59 Å². The molecular weight excluding hydrogens is 567 g/mol. The van der Waals surface area contributed by atoms with E-state index >= 15 is 0 Å². The predicted octanol–water partition coefficient (Wildman–Crippen LogP) is 6.73. The zero-order valence-corrected chi connectivity index (χ0v) is 28.1. The van der Waals surface area contributed by atoms with Gasteiger partial charge in [0.05, 0.1) is 18.7 Å². The molecule has 2 aliphatic heterocycles. The summed E-state index contributed by atoms with van der Waals surface area (Å²) in [7, 11) is 2.42. The van der Waals surface area contributed by atoms with E-state index in [4.69, 9.17) is 24.4 Å². The molecule has 9 nitrogen and oxygen atoms in total. The minimum absolute atomic E-state index is 0.0270. The Balaban J connectivity index is 0.000000347. The monoisotopic (exact) mass is 620 g/mol. The second-order valence-corrected chi connectivity index (χ2v) is 12.1. The zero-order valence-electron chi connectivity index (χ0n) is 27.0. The lowest BCUT2D eigenvalue weighted by molar-refractivity contribution is 0.0171. The summed E-state index contributed by atoms with van der Waals surface area (Å²) in [6.07, 6.45) is 3.24. The Morgan fingerprint density at radius 2 is 1.19 bits per heavy atom. The summed E-state index contributed by atoms with van der Waals surface area (Å²) in [5.41, 5.74) is -0.913. The van der Waals surface area contributed by atoms with Crippen molar-refractivity contribution in [3.63, 3.8) is 0 Å². The summed E-state index contributed by atoms with van der Waals surface area (Å²) in [6, 6.07) is 18.4. The summed E-state index contributed by atoms with van der Waals surface area (Å²) in [6.45, 7) is 15.1. The van der Waals surface area contributed by atoms with E-state index in [1.165, 1.54) is 0 Å². The lowest BCUT2D eigenvalue weighted by Gasteiger charge is -2.28. The van der Waals surface area contributed by atoms with Crippen molar-refractivity contribution in [2.75, 3.05) is 33.0 Å². The van der Waals surface area contributed by atoms with E-state index in [1.807, 2.05) is 84.6 Å². The largest absolute Gasteiger partial charge is 0.508 e. The molecule has 2 aromatic rings. The summed E-state index contributed by atoms with van der Waals surface area (Å²) in [5, 5.41) is 17.7. The average molecular weight is 621 g/mol. The van der Waals surface area contributed by atoms with Crippen molar-refractivity contribution in [2.24, 2.45) is 0 Å². The molecule has 2 fully saturated rings. The number of aromatic hydroxyl groups is 1. The topological polar surface area (TPSA) is 109 Å². The van der Waals surface area contributed by atoms with Gasteiger partial charge >= 0.3 is 12.2 Å². The fraction of sp³-hybridized carbons (Fsp3) is 0.576. The average Bonchev–Trinajstić information content (AvgIpc) is 3.63. The van der Waals surface area contributed by atoms with Crippen LogP contribution in [0.2, 0.25) is 0 Å². The maximum Gasteiger partial charge on any atom is 0.410 e. The summed E-state index contributed by atoms with van der Waals surface area (Å²) in [4.78, 5) is 27.2. The third kappa shape index (κ3) is 15.8. The quantitative estimate of drug-likeness (QED) is 0.365. The fourth-order valence-corrected chi connectivity index (χ4v) is 4.29. The number of hydrogen-bond acceptors (Lipinski definition) is 7. The summed E-state index contributed by atoms with van der Waals surface area (Å²) in [5.74, 6) is 1.16. The van der Waals surface area contributed by atoms with Crippen molar-refractivity contribution in [3.8, 4) is 11.5 Å². The van der Waals surface area contributed by atoms with Gasteiger partial charge in [-0.2, -0.15) is 0 Å². The van der Waals surface area contributed by atoms with Gasteiger partial charge in [0, 0.05) is 13.1 Å². The molecule has 1 unspecified atom stereocenters. The first-order valence-electron chi connectivity index (χ1n) is 14.9. The Kier molecular flexibility index (Phi) is 17.0. The standard InChI is InChI=1S/C16H23NO3.C10H19NO3.C6H6O.CH5P/c1-16(2,3)20-15(18)17-11-7-8-13(17)12-19-14-9-5-4-6-10-14;1-10(2,3)14-9(13)11-6-4-5-8(11)7-12;7-6-4-2-1-3-5-6;1-2/h4-6,9-10,13H,7-8,11-12H2,1-3H3;8,12H,4-7H2,1-3H3;1-5,7H;2H2,1H3/t13-;8-;;/m00../s1. The van der Waals surface area contributed by atoms with Gasteiger partial charge in [-0.25, -0.2) is 9.59 Å². The third-order valence-corrected chi connectivity index (χ3v) is 6.16. The number of benzene rings is 2. The van der Waals surface area contributed by atoms with Crippen LogP contribution in [0.25, 0.3) is 0 Å². The smallest absolute Gasteiger partial charge is 0.410 e. The van der Waals surface area contributed by atoms with E-state index in [0.29, 0.717) is 18.9 Å². The lowest BCUT2D eigenvalue weighted by atomic mass is 10.2.